The monoisotopic (exact) mass is 514 g/mol. The fourth-order valence-electron chi connectivity index (χ4n) is 5.85. The van der Waals surface area contributed by atoms with Crippen molar-refractivity contribution in [2.24, 2.45) is 17.3 Å². The Balaban J connectivity index is 1.72. The summed E-state index contributed by atoms with van der Waals surface area (Å²) in [6.45, 7) is 12.4. The third-order valence-corrected chi connectivity index (χ3v) is 7.98. The summed E-state index contributed by atoms with van der Waals surface area (Å²) in [5, 5.41) is 10.1. The molecule has 2 fully saturated rings. The van der Waals surface area contributed by atoms with E-state index >= 15 is 0 Å². The second kappa shape index (κ2) is 10.8. The fourth-order valence-corrected chi connectivity index (χ4v) is 5.98. The molecule has 4 atom stereocenters. The molecule has 3 nitrogen and oxygen atoms in total. The van der Waals surface area contributed by atoms with Crippen LogP contribution in [0.2, 0.25) is 0 Å². The maximum atomic E-state index is 11.7. The molecular formula is C29H39BrO3. The minimum atomic E-state index is -0.931. The molecule has 0 spiro atoms. The second-order valence-electron chi connectivity index (χ2n) is 10.7. The van der Waals surface area contributed by atoms with Crippen LogP contribution in [0.1, 0.15) is 79.1 Å². The molecule has 33 heavy (non-hydrogen) atoms. The van der Waals surface area contributed by atoms with E-state index in [1.807, 2.05) is 0 Å². The van der Waals surface area contributed by atoms with Crippen LogP contribution in [0.3, 0.4) is 0 Å². The van der Waals surface area contributed by atoms with Gasteiger partial charge in [-0.15, -0.1) is 0 Å². The van der Waals surface area contributed by atoms with Gasteiger partial charge in [-0.3, -0.25) is 4.79 Å². The Hall–Kier alpha value is -1.57. The number of carbonyl (C=O) groups excluding carboxylic acids is 1. The second-order valence-corrected chi connectivity index (χ2v) is 11.3. The molecule has 0 bridgehead atoms. The van der Waals surface area contributed by atoms with Crippen molar-refractivity contribution >= 4 is 21.9 Å². The van der Waals surface area contributed by atoms with Gasteiger partial charge in [-0.25, -0.2) is 0 Å². The molecule has 0 aromatic rings. The lowest BCUT2D eigenvalue weighted by Crippen LogP contribution is -2.32. The van der Waals surface area contributed by atoms with Gasteiger partial charge in [-0.05, 0) is 75.2 Å². The van der Waals surface area contributed by atoms with Gasteiger partial charge < -0.3 is 9.84 Å². The molecule has 0 aromatic carbocycles. The number of hydrogen-bond donors (Lipinski definition) is 1. The number of ether oxygens (including phenoxy) is 1. The Morgan fingerprint density at radius 2 is 2.18 bits per heavy atom. The number of rotatable bonds is 5. The first kappa shape index (κ1) is 26.0. The van der Waals surface area contributed by atoms with Crippen LogP contribution in [0, 0.1) is 29.1 Å². The Morgan fingerprint density at radius 3 is 2.88 bits per heavy atom. The van der Waals surface area contributed by atoms with Gasteiger partial charge in [0.15, 0.2) is 0 Å². The van der Waals surface area contributed by atoms with Crippen LogP contribution in [0.5, 0.6) is 0 Å². The van der Waals surface area contributed by atoms with Gasteiger partial charge >= 0.3 is 5.97 Å². The minimum Gasteiger partial charge on any atom is -0.461 e. The quantitative estimate of drug-likeness (QED) is 0.189. The zero-order valence-electron chi connectivity index (χ0n) is 20.7. The van der Waals surface area contributed by atoms with Crippen LogP contribution in [-0.2, 0) is 9.53 Å². The van der Waals surface area contributed by atoms with E-state index in [1.54, 1.807) is 19.4 Å². The van der Waals surface area contributed by atoms with Crippen molar-refractivity contribution in [3.05, 3.63) is 47.1 Å². The highest BCUT2D eigenvalue weighted by atomic mass is 79.9. The van der Waals surface area contributed by atoms with Crippen molar-refractivity contribution < 1.29 is 14.6 Å². The number of hydrogen-bond acceptors (Lipinski definition) is 3. The van der Waals surface area contributed by atoms with Crippen molar-refractivity contribution in [2.45, 2.75) is 90.8 Å². The van der Waals surface area contributed by atoms with Gasteiger partial charge in [0, 0.05) is 12.8 Å². The van der Waals surface area contributed by atoms with E-state index in [-0.39, 0.29) is 22.8 Å². The molecule has 0 saturated heterocycles. The van der Waals surface area contributed by atoms with Crippen molar-refractivity contribution in [3.63, 3.8) is 0 Å². The highest BCUT2D eigenvalue weighted by Crippen LogP contribution is 2.56. The smallest absolute Gasteiger partial charge is 0.316 e. The fraction of sp³-hybridized carbons (Fsp3) is 0.621. The van der Waals surface area contributed by atoms with E-state index in [9.17, 15) is 9.90 Å². The van der Waals surface area contributed by atoms with Gasteiger partial charge in [-0.1, -0.05) is 83.1 Å². The van der Waals surface area contributed by atoms with Crippen molar-refractivity contribution in [1.82, 2.24) is 0 Å². The molecule has 3 aliphatic rings. The van der Waals surface area contributed by atoms with Crippen LogP contribution in [0.25, 0.3) is 0 Å². The van der Waals surface area contributed by atoms with E-state index in [0.717, 1.165) is 38.5 Å². The number of allylic oxidation sites excluding steroid dienone is 6. The third kappa shape index (κ3) is 6.52. The van der Waals surface area contributed by atoms with Gasteiger partial charge in [0.05, 0.1) is 0 Å². The van der Waals surface area contributed by atoms with Crippen LogP contribution in [-0.4, -0.2) is 28.1 Å². The Kier molecular flexibility index (Phi) is 8.51. The summed E-state index contributed by atoms with van der Waals surface area (Å²) in [6.07, 6.45) is 14.9. The number of fused-ring (bicyclic) bond motifs is 1. The Morgan fingerprint density at radius 1 is 1.42 bits per heavy atom. The molecule has 2 saturated carbocycles. The number of alkyl halides is 1. The average molecular weight is 516 g/mol. The maximum absolute atomic E-state index is 11.7. The van der Waals surface area contributed by atoms with Crippen molar-refractivity contribution in [2.75, 3.05) is 5.33 Å². The van der Waals surface area contributed by atoms with E-state index in [0.29, 0.717) is 11.8 Å². The average Bonchev–Trinajstić information content (AvgIpc) is 3.10. The SMILES string of the molecule is C=C1CCC(OC(=O)CBr)CC1=CC=C1CCCC2(C)C(C(C)CC#CC(C)(C)O)=CCC12. The first-order chi connectivity index (χ1) is 15.5. The highest BCUT2D eigenvalue weighted by Gasteiger charge is 2.45. The summed E-state index contributed by atoms with van der Waals surface area (Å²) in [7, 11) is 0. The highest BCUT2D eigenvalue weighted by molar-refractivity contribution is 9.09. The molecule has 0 aliphatic heterocycles. The van der Waals surface area contributed by atoms with Gasteiger partial charge in [0.1, 0.15) is 17.0 Å². The predicted octanol–water partition coefficient (Wildman–Crippen LogP) is 6.82. The third-order valence-electron chi connectivity index (χ3n) is 7.52. The number of aliphatic hydroxyl groups is 1. The number of esters is 1. The van der Waals surface area contributed by atoms with E-state index in [1.165, 1.54) is 29.6 Å². The standard InChI is InChI=1S/C29H39BrO3/c1-20-10-13-24(33-27(31)19-30)18-23(20)12-11-22-9-7-17-29(5)25(14-15-26(22)29)21(2)8-6-16-28(3,4)32/h11-12,14,21,24,26,32H,1,7-10,13,15,17-19H2,2-5H3. The predicted molar refractivity (Wildman–Crippen MR) is 139 cm³/mol. The molecule has 0 aromatic heterocycles. The molecule has 0 amide bonds. The molecule has 1 N–H and O–H groups in total. The molecule has 180 valence electrons. The summed E-state index contributed by atoms with van der Waals surface area (Å²) < 4.78 is 5.57. The summed E-state index contributed by atoms with van der Waals surface area (Å²) in [5.74, 6) is 6.92. The molecule has 0 radical (unpaired) electrons. The first-order valence-electron chi connectivity index (χ1n) is 12.3. The minimum absolute atomic E-state index is 0.0487. The topological polar surface area (TPSA) is 46.5 Å². The summed E-state index contributed by atoms with van der Waals surface area (Å²) in [6, 6.07) is 0. The molecule has 4 heteroatoms. The van der Waals surface area contributed by atoms with Gasteiger partial charge in [0.25, 0.3) is 0 Å². The van der Waals surface area contributed by atoms with Gasteiger partial charge in [0.2, 0.25) is 0 Å². The first-order valence-corrected chi connectivity index (χ1v) is 13.4. The molecule has 0 heterocycles. The van der Waals surface area contributed by atoms with Crippen LogP contribution < -0.4 is 0 Å². The Bertz CT molecular complexity index is 921. The Labute approximate surface area is 208 Å². The lowest BCUT2D eigenvalue weighted by atomic mass is 9.62. The van der Waals surface area contributed by atoms with E-state index in [4.69, 9.17) is 4.74 Å². The largest absolute Gasteiger partial charge is 0.461 e. The van der Waals surface area contributed by atoms with Crippen molar-refractivity contribution in [3.8, 4) is 11.8 Å². The molecule has 4 unspecified atom stereocenters. The van der Waals surface area contributed by atoms with Crippen molar-refractivity contribution in [1.29, 1.82) is 0 Å². The lowest BCUT2D eigenvalue weighted by Gasteiger charge is -2.42. The van der Waals surface area contributed by atoms with Crippen LogP contribution in [0.15, 0.2) is 47.1 Å². The number of carbonyl (C=O) groups is 1. The van der Waals surface area contributed by atoms with E-state index in [2.05, 4.69) is 66.4 Å². The maximum Gasteiger partial charge on any atom is 0.316 e. The van der Waals surface area contributed by atoms with E-state index < -0.39 is 5.60 Å². The lowest BCUT2D eigenvalue weighted by molar-refractivity contribution is -0.146. The van der Waals surface area contributed by atoms with Gasteiger partial charge in [-0.2, -0.15) is 0 Å². The molecule has 3 aliphatic carbocycles. The van der Waals surface area contributed by atoms with Crippen LogP contribution >= 0.6 is 15.9 Å². The molecular weight excluding hydrogens is 476 g/mol. The zero-order chi connectivity index (χ0) is 24.2. The summed E-state index contributed by atoms with van der Waals surface area (Å²) in [5.41, 5.74) is 4.72. The normalized spacial score (nSPS) is 31.0. The summed E-state index contributed by atoms with van der Waals surface area (Å²) in [4.78, 5) is 11.7. The van der Waals surface area contributed by atoms with Crippen LogP contribution in [0.4, 0.5) is 0 Å². The number of halogens is 1. The summed E-state index contributed by atoms with van der Waals surface area (Å²) >= 11 is 3.18. The molecule has 3 rings (SSSR count). The zero-order valence-corrected chi connectivity index (χ0v) is 22.3.